The fraction of sp³-hybridized carbons (Fsp3) is 0.350. The molecule has 28 heavy (non-hydrogen) atoms. The zero-order valence-electron chi connectivity index (χ0n) is 15.8. The lowest BCUT2D eigenvalue weighted by Crippen LogP contribution is -2.41. The van der Waals surface area contributed by atoms with Crippen LogP contribution in [0.1, 0.15) is 15.9 Å². The minimum Gasteiger partial charge on any atom is -0.486 e. The minimum absolute atomic E-state index is 0.136. The maximum Gasteiger partial charge on any atom is 0.253 e. The van der Waals surface area contributed by atoms with Crippen LogP contribution in [0, 0.1) is 0 Å². The molecule has 1 atom stereocenters. The Hall–Kier alpha value is -2.74. The smallest absolute Gasteiger partial charge is 0.253 e. The second-order valence-electron chi connectivity index (χ2n) is 7.11. The molecule has 2 aliphatic rings. The van der Waals surface area contributed by atoms with E-state index in [9.17, 15) is 13.2 Å². The van der Waals surface area contributed by atoms with Crippen LogP contribution in [0.4, 0.5) is 5.69 Å². The van der Waals surface area contributed by atoms with Gasteiger partial charge in [0.15, 0.2) is 17.6 Å². The van der Waals surface area contributed by atoms with Gasteiger partial charge in [0.2, 0.25) is 10.0 Å². The Balaban J connectivity index is 1.45. The Bertz CT molecular complexity index is 1020. The van der Waals surface area contributed by atoms with Gasteiger partial charge in [-0.1, -0.05) is 12.1 Å². The van der Waals surface area contributed by atoms with Crippen molar-refractivity contribution in [1.82, 2.24) is 4.90 Å². The first-order chi connectivity index (χ1) is 13.3. The number of hydrogen-bond acceptors (Lipinski definition) is 5. The molecule has 0 saturated carbocycles. The molecule has 2 aromatic carbocycles. The summed E-state index contributed by atoms with van der Waals surface area (Å²) in [6, 6.07) is 12.6. The van der Waals surface area contributed by atoms with Crippen LogP contribution in [-0.4, -0.2) is 58.3 Å². The van der Waals surface area contributed by atoms with E-state index in [4.69, 9.17) is 9.47 Å². The van der Waals surface area contributed by atoms with Gasteiger partial charge in [-0.2, -0.15) is 0 Å². The van der Waals surface area contributed by atoms with E-state index in [1.165, 1.54) is 10.6 Å². The molecule has 0 aromatic heterocycles. The predicted octanol–water partition coefficient (Wildman–Crippen LogP) is 1.92. The van der Waals surface area contributed by atoms with E-state index in [0.717, 1.165) is 5.56 Å². The summed E-state index contributed by atoms with van der Waals surface area (Å²) in [6.07, 6.45) is 1.54. The summed E-state index contributed by atoms with van der Waals surface area (Å²) in [7, 11) is -1.58. The Morgan fingerprint density at radius 3 is 2.71 bits per heavy atom. The van der Waals surface area contributed by atoms with Crippen molar-refractivity contribution >= 4 is 21.6 Å². The first-order valence-electron chi connectivity index (χ1n) is 9.07. The summed E-state index contributed by atoms with van der Waals surface area (Å²) in [6.45, 7) is 1.18. The molecule has 148 valence electrons. The summed E-state index contributed by atoms with van der Waals surface area (Å²) in [4.78, 5) is 14.4. The van der Waals surface area contributed by atoms with Gasteiger partial charge in [0.1, 0.15) is 6.61 Å². The number of amides is 1. The molecule has 1 amide bonds. The molecular weight excluding hydrogens is 380 g/mol. The summed E-state index contributed by atoms with van der Waals surface area (Å²) >= 11 is 0. The first kappa shape index (κ1) is 18.6. The quantitative estimate of drug-likeness (QED) is 0.781. The van der Waals surface area contributed by atoms with Gasteiger partial charge in [0.05, 0.1) is 18.5 Å². The Morgan fingerprint density at radius 2 is 1.96 bits per heavy atom. The van der Waals surface area contributed by atoms with Crippen LogP contribution in [-0.2, 0) is 16.4 Å². The highest BCUT2D eigenvalue weighted by Gasteiger charge is 2.28. The number of sulfonamides is 1. The van der Waals surface area contributed by atoms with E-state index in [1.807, 2.05) is 24.3 Å². The van der Waals surface area contributed by atoms with E-state index in [2.05, 4.69) is 0 Å². The molecule has 0 fully saturated rings. The van der Waals surface area contributed by atoms with Crippen LogP contribution in [0.2, 0.25) is 0 Å². The van der Waals surface area contributed by atoms with Crippen LogP contribution < -0.4 is 13.8 Å². The predicted molar refractivity (Wildman–Crippen MR) is 106 cm³/mol. The van der Waals surface area contributed by atoms with Crippen molar-refractivity contribution < 1.29 is 22.7 Å². The van der Waals surface area contributed by atoms with Crippen LogP contribution >= 0.6 is 0 Å². The van der Waals surface area contributed by atoms with Crippen molar-refractivity contribution in [1.29, 1.82) is 0 Å². The Morgan fingerprint density at radius 1 is 1.21 bits per heavy atom. The number of carbonyl (C=O) groups is 1. The summed E-state index contributed by atoms with van der Waals surface area (Å²) in [5.74, 6) is 1.25. The van der Waals surface area contributed by atoms with E-state index in [0.29, 0.717) is 48.9 Å². The van der Waals surface area contributed by atoms with E-state index < -0.39 is 10.0 Å². The van der Waals surface area contributed by atoms with E-state index >= 15 is 0 Å². The molecule has 8 heteroatoms. The van der Waals surface area contributed by atoms with Crippen LogP contribution in [0.3, 0.4) is 0 Å². The Kier molecular flexibility index (Phi) is 4.66. The highest BCUT2D eigenvalue weighted by atomic mass is 32.2. The molecule has 2 aliphatic heterocycles. The SMILES string of the molecule is CN(C[C@@H]1COc2ccccc2O1)C(=O)c1ccc2c(c1)CCN2S(C)(=O)=O. The largest absolute Gasteiger partial charge is 0.486 e. The third kappa shape index (κ3) is 3.52. The van der Waals surface area contributed by atoms with Crippen molar-refractivity contribution in [3.63, 3.8) is 0 Å². The number of hydrogen-bond donors (Lipinski definition) is 0. The normalized spacial score (nSPS) is 17.9. The number of fused-ring (bicyclic) bond motifs is 2. The van der Waals surface area contributed by atoms with Crippen molar-refractivity contribution in [2.45, 2.75) is 12.5 Å². The lowest BCUT2D eigenvalue weighted by Gasteiger charge is -2.29. The van der Waals surface area contributed by atoms with Gasteiger partial charge >= 0.3 is 0 Å². The van der Waals surface area contributed by atoms with Gasteiger partial charge in [0, 0.05) is 19.2 Å². The van der Waals surface area contributed by atoms with E-state index in [-0.39, 0.29) is 12.0 Å². The van der Waals surface area contributed by atoms with Crippen LogP contribution in [0.25, 0.3) is 0 Å². The maximum absolute atomic E-state index is 12.8. The number of para-hydroxylation sites is 2. The monoisotopic (exact) mass is 402 g/mol. The zero-order valence-corrected chi connectivity index (χ0v) is 16.6. The molecule has 0 bridgehead atoms. The number of anilines is 1. The zero-order chi connectivity index (χ0) is 19.9. The van der Waals surface area contributed by atoms with E-state index in [1.54, 1.807) is 30.1 Å². The molecular formula is C20H22N2O5S. The number of nitrogens with zero attached hydrogens (tertiary/aromatic N) is 2. The van der Waals surface area contributed by atoms with Crippen molar-refractivity contribution in [2.24, 2.45) is 0 Å². The first-order valence-corrected chi connectivity index (χ1v) is 10.9. The summed E-state index contributed by atoms with van der Waals surface area (Å²) < 4.78 is 36.7. The third-order valence-corrected chi connectivity index (χ3v) is 6.15. The highest BCUT2D eigenvalue weighted by Crippen LogP contribution is 2.32. The van der Waals surface area contributed by atoms with Gasteiger partial charge in [-0.05, 0) is 42.3 Å². The lowest BCUT2D eigenvalue weighted by molar-refractivity contribution is 0.0521. The molecule has 7 nitrogen and oxygen atoms in total. The minimum atomic E-state index is -3.30. The number of rotatable bonds is 4. The number of benzene rings is 2. The molecule has 0 aliphatic carbocycles. The van der Waals surface area contributed by atoms with Crippen LogP contribution in [0.5, 0.6) is 11.5 Å². The van der Waals surface area contributed by atoms with Crippen molar-refractivity contribution in [2.75, 3.05) is 37.3 Å². The summed E-state index contributed by atoms with van der Waals surface area (Å²) in [5.41, 5.74) is 2.06. The molecule has 0 unspecified atom stereocenters. The molecule has 4 rings (SSSR count). The fourth-order valence-corrected chi connectivity index (χ4v) is 4.57. The van der Waals surface area contributed by atoms with Gasteiger partial charge < -0.3 is 14.4 Å². The van der Waals surface area contributed by atoms with Gasteiger partial charge in [-0.25, -0.2) is 8.42 Å². The molecule has 0 radical (unpaired) electrons. The number of carbonyl (C=O) groups excluding carboxylic acids is 1. The molecule has 0 spiro atoms. The van der Waals surface area contributed by atoms with Crippen molar-refractivity contribution in [3.8, 4) is 11.5 Å². The number of likely N-dealkylation sites (N-methyl/N-ethyl adjacent to an activating group) is 1. The topological polar surface area (TPSA) is 76.2 Å². The van der Waals surface area contributed by atoms with Gasteiger partial charge in [0.25, 0.3) is 5.91 Å². The van der Waals surface area contributed by atoms with Gasteiger partial charge in [-0.3, -0.25) is 9.10 Å². The second kappa shape index (κ2) is 7.01. The third-order valence-electron chi connectivity index (χ3n) is 4.97. The fourth-order valence-electron chi connectivity index (χ4n) is 3.61. The highest BCUT2D eigenvalue weighted by molar-refractivity contribution is 7.92. The van der Waals surface area contributed by atoms with Crippen molar-refractivity contribution in [3.05, 3.63) is 53.6 Å². The van der Waals surface area contributed by atoms with Gasteiger partial charge in [-0.15, -0.1) is 0 Å². The summed E-state index contributed by atoms with van der Waals surface area (Å²) in [5, 5.41) is 0. The Labute approximate surface area is 164 Å². The second-order valence-corrected chi connectivity index (χ2v) is 9.02. The lowest BCUT2D eigenvalue weighted by atomic mass is 10.1. The molecule has 2 aromatic rings. The van der Waals surface area contributed by atoms with Crippen LogP contribution in [0.15, 0.2) is 42.5 Å². The molecule has 0 N–H and O–H groups in total. The average molecular weight is 402 g/mol. The molecule has 0 saturated heterocycles. The molecule has 2 heterocycles. The maximum atomic E-state index is 12.8. The average Bonchev–Trinajstić information content (AvgIpc) is 3.11. The standard InChI is InChI=1S/C20H22N2O5S/c1-21(12-16-13-26-18-5-3-4-6-19(18)27-16)20(23)15-7-8-17-14(11-15)9-10-22(17)28(2,24)25/h3-8,11,16H,9-10,12-13H2,1-2H3/t16-/m1/s1. The number of ether oxygens (including phenoxy) is 2.